The summed E-state index contributed by atoms with van der Waals surface area (Å²) in [6, 6.07) is 2.94. The van der Waals surface area contributed by atoms with Gasteiger partial charge in [0, 0.05) is 23.7 Å². The number of aliphatic carboxylic acids is 1. The van der Waals surface area contributed by atoms with Gasteiger partial charge in [-0.05, 0) is 18.2 Å². The Morgan fingerprint density at radius 2 is 2.11 bits per heavy atom. The summed E-state index contributed by atoms with van der Waals surface area (Å²) in [5.74, 6) is -1.25. The molecule has 0 bridgehead atoms. The molecule has 0 fully saturated rings. The smallest absolute Gasteiger partial charge is 0.328 e. The van der Waals surface area contributed by atoms with E-state index in [2.05, 4.69) is 5.32 Å². The number of likely N-dealkylation sites (N-methyl/N-ethyl adjacent to an activating group) is 1. The van der Waals surface area contributed by atoms with Crippen LogP contribution < -0.4 is 10.1 Å². The molecule has 0 aromatic heterocycles. The zero-order valence-electron chi connectivity index (χ0n) is 9.94. The van der Waals surface area contributed by atoms with Gasteiger partial charge in [0.05, 0.1) is 5.02 Å². The molecule has 2 N–H and O–H groups in total. The first kappa shape index (κ1) is 15.3. The van der Waals surface area contributed by atoms with Gasteiger partial charge in [0.1, 0.15) is 5.75 Å². The maximum absolute atomic E-state index is 11.1. The second kappa shape index (κ2) is 7.01. The van der Waals surface area contributed by atoms with E-state index in [0.717, 1.165) is 6.08 Å². The molecule has 1 aromatic rings. The van der Waals surface area contributed by atoms with Crippen LogP contribution in [0.15, 0.2) is 18.2 Å². The summed E-state index contributed by atoms with van der Waals surface area (Å²) in [6.45, 7) is -0.230. The first-order valence-corrected chi connectivity index (χ1v) is 5.93. The molecular weight excluding hydrogens is 293 g/mol. The number of hydrogen-bond donors (Lipinski definition) is 2. The summed E-state index contributed by atoms with van der Waals surface area (Å²) in [5, 5.41) is 11.5. The van der Waals surface area contributed by atoms with Crippen molar-refractivity contribution in [1.82, 2.24) is 5.32 Å². The van der Waals surface area contributed by atoms with Crippen LogP contribution in [0.2, 0.25) is 10.0 Å². The lowest BCUT2D eigenvalue weighted by atomic mass is 10.2. The summed E-state index contributed by atoms with van der Waals surface area (Å²) in [6.07, 6.45) is 2.22. The Kier molecular flexibility index (Phi) is 5.66. The van der Waals surface area contributed by atoms with Crippen LogP contribution in [0.5, 0.6) is 5.75 Å². The molecule has 0 unspecified atom stereocenters. The normalized spacial score (nSPS) is 10.5. The number of ether oxygens (including phenoxy) is 1. The van der Waals surface area contributed by atoms with Crippen molar-refractivity contribution in [1.29, 1.82) is 0 Å². The van der Waals surface area contributed by atoms with Crippen molar-refractivity contribution in [3.8, 4) is 5.75 Å². The van der Waals surface area contributed by atoms with E-state index in [1.807, 2.05) is 0 Å². The third-order valence-electron chi connectivity index (χ3n) is 2.07. The zero-order valence-corrected chi connectivity index (χ0v) is 11.5. The van der Waals surface area contributed by atoms with E-state index in [4.69, 9.17) is 33.0 Å². The molecule has 0 spiro atoms. The van der Waals surface area contributed by atoms with E-state index in [1.54, 1.807) is 0 Å². The predicted octanol–water partition coefficient (Wildman–Crippen LogP) is 2.22. The number of carboxylic acid groups (broad SMARTS) is 1. The van der Waals surface area contributed by atoms with E-state index < -0.39 is 5.97 Å². The Morgan fingerprint density at radius 3 is 2.68 bits per heavy atom. The number of carbonyl (C=O) groups excluding carboxylic acids is 1. The van der Waals surface area contributed by atoms with Gasteiger partial charge in [0.25, 0.3) is 5.91 Å². The molecule has 0 radical (unpaired) electrons. The summed E-state index contributed by atoms with van der Waals surface area (Å²) in [4.78, 5) is 21.6. The molecule has 19 heavy (non-hydrogen) atoms. The van der Waals surface area contributed by atoms with Crippen LogP contribution in [0.4, 0.5) is 0 Å². The molecule has 1 rings (SSSR count). The quantitative estimate of drug-likeness (QED) is 0.818. The summed E-state index contributed by atoms with van der Waals surface area (Å²) >= 11 is 11.8. The fourth-order valence-electron chi connectivity index (χ4n) is 1.23. The van der Waals surface area contributed by atoms with Crippen LogP contribution >= 0.6 is 23.2 Å². The average Bonchev–Trinajstić information content (AvgIpc) is 2.34. The Bertz CT molecular complexity index is 529. The minimum absolute atomic E-state index is 0.196. The zero-order chi connectivity index (χ0) is 14.4. The van der Waals surface area contributed by atoms with E-state index in [9.17, 15) is 9.59 Å². The van der Waals surface area contributed by atoms with Crippen LogP contribution in [0.1, 0.15) is 5.56 Å². The van der Waals surface area contributed by atoms with Gasteiger partial charge in [-0.3, -0.25) is 4.79 Å². The number of hydrogen-bond acceptors (Lipinski definition) is 3. The first-order chi connectivity index (χ1) is 8.93. The van der Waals surface area contributed by atoms with Gasteiger partial charge in [-0.15, -0.1) is 0 Å². The molecule has 0 heterocycles. The SMILES string of the molecule is CNC(=O)COc1c(Cl)cc(Cl)cc1/C=C/C(=O)O. The second-order valence-electron chi connectivity index (χ2n) is 3.44. The molecule has 0 aliphatic rings. The van der Waals surface area contributed by atoms with Crippen LogP contribution in [0, 0.1) is 0 Å². The van der Waals surface area contributed by atoms with Gasteiger partial charge in [-0.25, -0.2) is 4.79 Å². The molecule has 0 aliphatic carbocycles. The molecule has 0 aliphatic heterocycles. The van der Waals surface area contributed by atoms with Crippen LogP contribution in [-0.2, 0) is 9.59 Å². The van der Waals surface area contributed by atoms with Crippen molar-refractivity contribution in [3.63, 3.8) is 0 Å². The molecule has 102 valence electrons. The standard InChI is InChI=1S/C12H11Cl2NO4/c1-15-10(16)6-19-12-7(2-3-11(17)18)4-8(13)5-9(12)14/h2-5H,6H2,1H3,(H,15,16)(H,17,18)/b3-2+. The highest BCUT2D eigenvalue weighted by Gasteiger charge is 2.11. The fraction of sp³-hybridized carbons (Fsp3) is 0.167. The van der Waals surface area contributed by atoms with Crippen molar-refractivity contribution in [2.45, 2.75) is 0 Å². The van der Waals surface area contributed by atoms with Gasteiger partial charge < -0.3 is 15.2 Å². The van der Waals surface area contributed by atoms with E-state index in [0.29, 0.717) is 10.6 Å². The van der Waals surface area contributed by atoms with E-state index in [1.165, 1.54) is 25.3 Å². The Hall–Kier alpha value is -1.72. The second-order valence-corrected chi connectivity index (χ2v) is 4.28. The molecule has 0 saturated heterocycles. The van der Waals surface area contributed by atoms with Crippen molar-refractivity contribution in [2.75, 3.05) is 13.7 Å². The van der Waals surface area contributed by atoms with Gasteiger partial charge in [-0.2, -0.15) is 0 Å². The van der Waals surface area contributed by atoms with E-state index >= 15 is 0 Å². The van der Waals surface area contributed by atoms with Crippen molar-refractivity contribution < 1.29 is 19.4 Å². The lowest BCUT2D eigenvalue weighted by Crippen LogP contribution is -2.25. The highest BCUT2D eigenvalue weighted by Crippen LogP contribution is 2.33. The molecule has 1 aromatic carbocycles. The Morgan fingerprint density at radius 1 is 1.42 bits per heavy atom. The summed E-state index contributed by atoms with van der Waals surface area (Å²) in [7, 11) is 1.47. The number of rotatable bonds is 5. The number of carboxylic acids is 1. The van der Waals surface area contributed by atoms with Crippen molar-refractivity contribution in [2.24, 2.45) is 0 Å². The fourth-order valence-corrected chi connectivity index (χ4v) is 1.79. The summed E-state index contributed by atoms with van der Waals surface area (Å²) in [5.41, 5.74) is 0.379. The molecular formula is C12H11Cl2NO4. The maximum atomic E-state index is 11.1. The van der Waals surface area contributed by atoms with Crippen LogP contribution in [0.3, 0.4) is 0 Å². The minimum Gasteiger partial charge on any atom is -0.482 e. The number of carbonyl (C=O) groups is 2. The Labute approximate surface area is 119 Å². The third-order valence-corrected chi connectivity index (χ3v) is 2.57. The molecule has 1 amide bonds. The largest absolute Gasteiger partial charge is 0.482 e. The molecule has 0 atom stereocenters. The maximum Gasteiger partial charge on any atom is 0.328 e. The lowest BCUT2D eigenvalue weighted by molar-refractivity contribution is -0.131. The third kappa shape index (κ3) is 4.81. The van der Waals surface area contributed by atoms with Crippen molar-refractivity contribution in [3.05, 3.63) is 33.8 Å². The Balaban J connectivity index is 3.06. The minimum atomic E-state index is -1.12. The summed E-state index contributed by atoms with van der Waals surface area (Å²) < 4.78 is 5.26. The highest BCUT2D eigenvalue weighted by atomic mass is 35.5. The lowest BCUT2D eigenvalue weighted by Gasteiger charge is -2.11. The topological polar surface area (TPSA) is 75.6 Å². The number of halogens is 2. The van der Waals surface area contributed by atoms with Crippen molar-refractivity contribution >= 4 is 41.2 Å². The molecule has 7 heteroatoms. The highest BCUT2D eigenvalue weighted by molar-refractivity contribution is 6.36. The average molecular weight is 304 g/mol. The first-order valence-electron chi connectivity index (χ1n) is 5.17. The van der Waals surface area contributed by atoms with Gasteiger partial charge in [0.2, 0.25) is 0 Å². The molecule has 0 saturated carbocycles. The van der Waals surface area contributed by atoms with Gasteiger partial charge in [-0.1, -0.05) is 23.2 Å². The molecule has 5 nitrogen and oxygen atoms in total. The number of nitrogens with one attached hydrogen (secondary N) is 1. The monoisotopic (exact) mass is 303 g/mol. The number of amides is 1. The van der Waals surface area contributed by atoms with E-state index in [-0.39, 0.29) is 23.3 Å². The van der Waals surface area contributed by atoms with Gasteiger partial charge >= 0.3 is 5.97 Å². The van der Waals surface area contributed by atoms with Crippen LogP contribution in [-0.4, -0.2) is 30.6 Å². The van der Waals surface area contributed by atoms with Crippen LogP contribution in [0.25, 0.3) is 6.08 Å². The van der Waals surface area contributed by atoms with Gasteiger partial charge in [0.15, 0.2) is 6.61 Å². The predicted molar refractivity (Wildman–Crippen MR) is 72.7 cm³/mol. The number of benzene rings is 1.